The van der Waals surface area contributed by atoms with Crippen LogP contribution >= 0.6 is 0 Å². The summed E-state index contributed by atoms with van der Waals surface area (Å²) in [5, 5.41) is 0. The Morgan fingerprint density at radius 1 is 0.234 bits per heavy atom. The van der Waals surface area contributed by atoms with Gasteiger partial charge in [-0.25, -0.2) is 4.98 Å². The first-order chi connectivity index (χ1) is 31.7. The zero-order chi connectivity index (χ0) is 42.9. The van der Waals surface area contributed by atoms with Crippen molar-refractivity contribution in [2.45, 2.75) is 25.7 Å². The van der Waals surface area contributed by atoms with Gasteiger partial charge in [-0.3, -0.25) is 9.97 Å². The first-order valence-electron chi connectivity index (χ1n) is 22.2. The van der Waals surface area contributed by atoms with Crippen LogP contribution in [0.4, 0.5) is 0 Å². The standard InChI is InChI=1S/C61H47N3/c1-2-11-48(12-3-1)49-31-35-53(36-32-49)60-17-10-18-61(64-60)54-37-33-50(34-38-54)56-13-4-5-14-57(56)55-42-46(21-19-44-23-27-51(28-24-44)58-15-6-8-39-62-58)41-47(43-55)22-20-45-25-29-52(30-26-45)59-16-7-9-40-63-59/h1-18,23-43H,19-22H2. The van der Waals surface area contributed by atoms with E-state index in [0.29, 0.717) is 0 Å². The Labute approximate surface area is 376 Å². The minimum absolute atomic E-state index is 0.947. The molecule has 0 radical (unpaired) electrons. The molecule has 0 aliphatic heterocycles. The Bertz CT molecular complexity index is 2980. The summed E-state index contributed by atoms with van der Waals surface area (Å²) in [5.74, 6) is 0. The van der Waals surface area contributed by atoms with Gasteiger partial charge in [0.15, 0.2) is 0 Å². The van der Waals surface area contributed by atoms with E-state index in [0.717, 1.165) is 70.7 Å². The molecule has 306 valence electrons. The minimum atomic E-state index is 0.947. The summed E-state index contributed by atoms with van der Waals surface area (Å²) in [5.41, 5.74) is 21.0. The molecule has 0 saturated heterocycles. The van der Waals surface area contributed by atoms with E-state index in [1.807, 2.05) is 36.7 Å². The number of nitrogens with zero attached hydrogens (tertiary/aromatic N) is 3. The largest absolute Gasteiger partial charge is 0.256 e. The van der Waals surface area contributed by atoms with Crippen molar-refractivity contribution in [3.05, 3.63) is 259 Å². The van der Waals surface area contributed by atoms with Crippen LogP contribution in [0.1, 0.15) is 22.3 Å². The maximum Gasteiger partial charge on any atom is 0.0709 e. The quantitative estimate of drug-likeness (QED) is 0.116. The number of benzene rings is 7. The van der Waals surface area contributed by atoms with Gasteiger partial charge >= 0.3 is 0 Å². The molecule has 0 bridgehead atoms. The van der Waals surface area contributed by atoms with Crippen LogP contribution in [0.15, 0.2) is 237 Å². The molecule has 10 rings (SSSR count). The molecule has 10 aromatic rings. The number of hydrogen-bond acceptors (Lipinski definition) is 3. The molecule has 0 amide bonds. The van der Waals surface area contributed by atoms with Crippen molar-refractivity contribution in [3.8, 4) is 78.4 Å². The Morgan fingerprint density at radius 3 is 1.11 bits per heavy atom. The first kappa shape index (κ1) is 40.1. The Hall–Kier alpha value is -8.01. The van der Waals surface area contributed by atoms with Gasteiger partial charge < -0.3 is 0 Å². The lowest BCUT2D eigenvalue weighted by molar-refractivity contribution is 0.931. The van der Waals surface area contributed by atoms with E-state index in [1.165, 1.54) is 55.6 Å². The Kier molecular flexibility index (Phi) is 11.9. The van der Waals surface area contributed by atoms with Gasteiger partial charge in [0.2, 0.25) is 0 Å². The summed E-state index contributed by atoms with van der Waals surface area (Å²) in [4.78, 5) is 14.2. The molecular formula is C61H47N3. The predicted molar refractivity (Wildman–Crippen MR) is 266 cm³/mol. The fourth-order valence-electron chi connectivity index (χ4n) is 8.56. The van der Waals surface area contributed by atoms with Crippen molar-refractivity contribution in [2.75, 3.05) is 0 Å². The molecule has 0 unspecified atom stereocenters. The SMILES string of the molecule is c1ccc(-c2ccc(-c3cccc(-c4ccc(-c5ccccc5-c5cc(CCc6ccc(-c7ccccn7)cc6)cc(CCc6ccc(-c7ccccn7)cc6)c5)cc4)n3)cc2)cc1. The van der Waals surface area contributed by atoms with Crippen molar-refractivity contribution >= 4 is 0 Å². The predicted octanol–water partition coefficient (Wildman–Crippen LogP) is 15.1. The second-order valence-electron chi connectivity index (χ2n) is 16.3. The molecule has 0 atom stereocenters. The fourth-order valence-corrected chi connectivity index (χ4v) is 8.56. The van der Waals surface area contributed by atoms with Crippen LogP contribution in [-0.2, 0) is 25.7 Å². The van der Waals surface area contributed by atoms with Gasteiger partial charge in [-0.2, -0.15) is 0 Å². The van der Waals surface area contributed by atoms with Crippen LogP contribution in [0.25, 0.3) is 78.4 Å². The second kappa shape index (κ2) is 18.9. The third kappa shape index (κ3) is 9.40. The molecule has 0 aliphatic rings. The van der Waals surface area contributed by atoms with Gasteiger partial charge in [0.25, 0.3) is 0 Å². The van der Waals surface area contributed by atoms with Crippen LogP contribution in [0, 0.1) is 0 Å². The lowest BCUT2D eigenvalue weighted by atomic mass is 9.90. The van der Waals surface area contributed by atoms with Crippen molar-refractivity contribution < 1.29 is 0 Å². The highest BCUT2D eigenvalue weighted by Gasteiger charge is 2.13. The first-order valence-corrected chi connectivity index (χ1v) is 22.2. The topological polar surface area (TPSA) is 38.7 Å². The highest BCUT2D eigenvalue weighted by molar-refractivity contribution is 5.85. The van der Waals surface area contributed by atoms with Gasteiger partial charge in [-0.15, -0.1) is 0 Å². The van der Waals surface area contributed by atoms with Crippen molar-refractivity contribution in [1.82, 2.24) is 15.0 Å². The molecule has 64 heavy (non-hydrogen) atoms. The summed E-state index contributed by atoms with van der Waals surface area (Å²) < 4.78 is 0. The monoisotopic (exact) mass is 821 g/mol. The molecule has 0 aliphatic carbocycles. The molecule has 3 nitrogen and oxygen atoms in total. The fraction of sp³-hybridized carbons (Fsp3) is 0.0656. The molecular weight excluding hydrogens is 775 g/mol. The van der Waals surface area contributed by atoms with Crippen molar-refractivity contribution in [2.24, 2.45) is 0 Å². The normalized spacial score (nSPS) is 11.1. The Morgan fingerprint density at radius 2 is 0.609 bits per heavy atom. The van der Waals surface area contributed by atoms with Crippen molar-refractivity contribution in [1.29, 1.82) is 0 Å². The number of rotatable bonds is 13. The third-order valence-corrected chi connectivity index (χ3v) is 12.1. The molecule has 7 aromatic carbocycles. The van der Waals surface area contributed by atoms with Crippen LogP contribution in [0.3, 0.4) is 0 Å². The lowest BCUT2D eigenvalue weighted by Crippen LogP contribution is -1.98. The van der Waals surface area contributed by atoms with Crippen LogP contribution < -0.4 is 0 Å². The smallest absolute Gasteiger partial charge is 0.0709 e. The zero-order valence-electron chi connectivity index (χ0n) is 35.7. The zero-order valence-corrected chi connectivity index (χ0v) is 35.7. The maximum atomic E-state index is 5.11. The van der Waals surface area contributed by atoms with E-state index in [-0.39, 0.29) is 0 Å². The molecule has 0 N–H and O–H groups in total. The van der Waals surface area contributed by atoms with Gasteiger partial charge in [-0.05, 0) is 118 Å². The second-order valence-corrected chi connectivity index (χ2v) is 16.3. The van der Waals surface area contributed by atoms with Crippen LogP contribution in [-0.4, -0.2) is 15.0 Å². The summed E-state index contributed by atoms with van der Waals surface area (Å²) in [6.07, 6.45) is 7.51. The van der Waals surface area contributed by atoms with E-state index in [9.17, 15) is 0 Å². The molecule has 3 aromatic heterocycles. The van der Waals surface area contributed by atoms with Gasteiger partial charge in [0, 0.05) is 34.6 Å². The summed E-state index contributed by atoms with van der Waals surface area (Å²) >= 11 is 0. The highest BCUT2D eigenvalue weighted by atomic mass is 14.7. The lowest BCUT2D eigenvalue weighted by Gasteiger charge is -2.15. The molecule has 0 spiro atoms. The minimum Gasteiger partial charge on any atom is -0.256 e. The average molecular weight is 822 g/mol. The number of pyridine rings is 3. The molecule has 0 fully saturated rings. The van der Waals surface area contributed by atoms with Gasteiger partial charge in [-0.1, -0.05) is 188 Å². The van der Waals surface area contributed by atoms with Gasteiger partial charge in [0.05, 0.1) is 22.8 Å². The maximum absolute atomic E-state index is 5.11. The molecule has 0 saturated carbocycles. The molecule has 3 heterocycles. The van der Waals surface area contributed by atoms with E-state index >= 15 is 0 Å². The number of aromatic nitrogens is 3. The van der Waals surface area contributed by atoms with Crippen LogP contribution in [0.2, 0.25) is 0 Å². The summed E-state index contributed by atoms with van der Waals surface area (Å²) in [7, 11) is 0. The highest BCUT2D eigenvalue weighted by Crippen LogP contribution is 2.35. The molecule has 3 heteroatoms. The van der Waals surface area contributed by atoms with E-state index < -0.39 is 0 Å². The van der Waals surface area contributed by atoms with Crippen LogP contribution in [0.5, 0.6) is 0 Å². The average Bonchev–Trinajstić information content (AvgIpc) is 3.38. The van der Waals surface area contributed by atoms with E-state index in [2.05, 4.69) is 210 Å². The summed E-state index contributed by atoms with van der Waals surface area (Å²) in [6.45, 7) is 0. The van der Waals surface area contributed by atoms with E-state index in [4.69, 9.17) is 4.98 Å². The van der Waals surface area contributed by atoms with Gasteiger partial charge in [0.1, 0.15) is 0 Å². The Balaban J connectivity index is 0.910. The summed E-state index contributed by atoms with van der Waals surface area (Å²) in [6, 6.07) is 80.3. The van der Waals surface area contributed by atoms with Crippen molar-refractivity contribution in [3.63, 3.8) is 0 Å². The third-order valence-electron chi connectivity index (χ3n) is 12.1. The number of hydrogen-bond donors (Lipinski definition) is 0. The van der Waals surface area contributed by atoms with E-state index in [1.54, 1.807) is 0 Å². The number of aryl methyl sites for hydroxylation is 4.